The smallest absolute Gasteiger partial charge is 0.310 e. The largest absolute Gasteiger partial charge is 0.465 e. The van der Waals surface area contributed by atoms with Crippen molar-refractivity contribution in [3.8, 4) is 11.8 Å². The van der Waals surface area contributed by atoms with Gasteiger partial charge in [0.1, 0.15) is 12.4 Å². The number of hydrogen-bond donors (Lipinski definition) is 0. The number of rotatable bonds is 6. The Morgan fingerprint density at radius 3 is 2.36 bits per heavy atom. The molecule has 1 aromatic carbocycles. The topological polar surface area (TPSA) is 76.4 Å². The van der Waals surface area contributed by atoms with Crippen molar-refractivity contribution < 1.29 is 19.1 Å². The van der Waals surface area contributed by atoms with Crippen LogP contribution in [0.15, 0.2) is 18.2 Å². The second-order valence-corrected chi connectivity index (χ2v) is 5.55. The molecule has 0 aliphatic rings. The molecule has 0 aromatic heterocycles. The lowest BCUT2D eigenvalue weighted by molar-refractivity contribution is -0.145. The van der Waals surface area contributed by atoms with Crippen molar-refractivity contribution in [1.29, 1.82) is 5.26 Å². The monoisotopic (exact) mass is 303 g/mol. The lowest BCUT2D eigenvalue weighted by atomic mass is 9.84. The summed E-state index contributed by atoms with van der Waals surface area (Å²) in [6, 6.07) is 6.92. The van der Waals surface area contributed by atoms with E-state index in [0.717, 1.165) is 0 Å². The molecule has 0 unspecified atom stereocenters. The van der Waals surface area contributed by atoms with Gasteiger partial charge >= 0.3 is 11.9 Å². The quantitative estimate of drug-likeness (QED) is 0.596. The first kappa shape index (κ1) is 17.7. The molecule has 1 aromatic rings. The summed E-state index contributed by atoms with van der Waals surface area (Å²) in [5.41, 5.74) is 0.541. The van der Waals surface area contributed by atoms with E-state index in [1.807, 2.05) is 13.8 Å². The second-order valence-electron chi connectivity index (χ2n) is 5.55. The number of carbonyl (C=O) groups excluding carboxylic acids is 2. The van der Waals surface area contributed by atoms with Crippen LogP contribution in [0.25, 0.3) is 0 Å². The lowest BCUT2D eigenvalue weighted by Crippen LogP contribution is -2.27. The molecule has 0 aliphatic heterocycles. The molecule has 0 spiro atoms. The highest BCUT2D eigenvalue weighted by Gasteiger charge is 2.27. The van der Waals surface area contributed by atoms with Crippen LogP contribution in [0.2, 0.25) is 0 Å². The molecule has 0 atom stereocenters. The fraction of sp³-hybridized carbons (Fsp3) is 0.471. The van der Waals surface area contributed by atoms with E-state index in [9.17, 15) is 9.59 Å². The van der Waals surface area contributed by atoms with Crippen molar-refractivity contribution in [2.75, 3.05) is 6.61 Å². The first-order valence-corrected chi connectivity index (χ1v) is 7.25. The van der Waals surface area contributed by atoms with Crippen LogP contribution < -0.4 is 4.74 Å². The molecule has 0 N–H and O–H groups in total. The highest BCUT2D eigenvalue weighted by Crippen LogP contribution is 2.33. The van der Waals surface area contributed by atoms with Gasteiger partial charge in [-0.1, -0.05) is 27.7 Å². The van der Waals surface area contributed by atoms with Crippen LogP contribution >= 0.6 is 0 Å². The number of benzene rings is 1. The highest BCUT2D eigenvalue weighted by molar-refractivity contribution is 5.73. The van der Waals surface area contributed by atoms with Gasteiger partial charge in [-0.15, -0.1) is 0 Å². The van der Waals surface area contributed by atoms with Gasteiger partial charge in [-0.2, -0.15) is 5.26 Å². The van der Waals surface area contributed by atoms with Crippen molar-refractivity contribution >= 4 is 11.9 Å². The predicted molar refractivity (Wildman–Crippen MR) is 81.4 cm³/mol. The van der Waals surface area contributed by atoms with Crippen LogP contribution in [-0.4, -0.2) is 18.5 Å². The molecular weight excluding hydrogens is 282 g/mol. The third-order valence-electron chi connectivity index (χ3n) is 3.23. The molecule has 0 saturated carbocycles. The molecule has 22 heavy (non-hydrogen) atoms. The zero-order valence-corrected chi connectivity index (χ0v) is 13.4. The van der Waals surface area contributed by atoms with E-state index in [-0.39, 0.29) is 25.0 Å². The third-order valence-corrected chi connectivity index (χ3v) is 3.23. The Balaban J connectivity index is 3.14. The number of esters is 2. The van der Waals surface area contributed by atoms with Gasteiger partial charge in [0.05, 0.1) is 11.6 Å². The van der Waals surface area contributed by atoms with Gasteiger partial charge < -0.3 is 9.47 Å². The maximum absolute atomic E-state index is 11.6. The van der Waals surface area contributed by atoms with E-state index >= 15 is 0 Å². The van der Waals surface area contributed by atoms with Crippen molar-refractivity contribution in [2.24, 2.45) is 0 Å². The van der Waals surface area contributed by atoms with E-state index in [4.69, 9.17) is 14.7 Å². The highest BCUT2D eigenvalue weighted by atomic mass is 16.5. The molecule has 0 heterocycles. The van der Waals surface area contributed by atoms with Crippen molar-refractivity contribution in [3.63, 3.8) is 0 Å². The maximum atomic E-state index is 11.6. The van der Waals surface area contributed by atoms with Crippen molar-refractivity contribution in [3.05, 3.63) is 29.3 Å². The second kappa shape index (κ2) is 7.60. The zero-order valence-electron chi connectivity index (χ0n) is 13.4. The van der Waals surface area contributed by atoms with E-state index in [0.29, 0.717) is 23.3 Å². The molecule has 5 nitrogen and oxygen atoms in total. The average molecular weight is 303 g/mol. The summed E-state index contributed by atoms with van der Waals surface area (Å²) >= 11 is 0. The fourth-order valence-electron chi connectivity index (χ4n) is 1.85. The van der Waals surface area contributed by atoms with Crippen LogP contribution in [0.5, 0.6) is 5.75 Å². The molecule has 0 saturated heterocycles. The maximum Gasteiger partial charge on any atom is 0.310 e. The fourth-order valence-corrected chi connectivity index (χ4v) is 1.85. The summed E-state index contributed by atoms with van der Waals surface area (Å²) in [6.07, 6.45) is 0.552. The van der Waals surface area contributed by atoms with E-state index in [1.54, 1.807) is 32.0 Å². The van der Waals surface area contributed by atoms with E-state index < -0.39 is 5.41 Å². The Bertz CT molecular complexity index is 599. The normalized spacial score (nSPS) is 10.7. The Morgan fingerprint density at radius 1 is 1.18 bits per heavy atom. The van der Waals surface area contributed by atoms with Crippen LogP contribution in [0.3, 0.4) is 0 Å². The third kappa shape index (κ3) is 4.59. The van der Waals surface area contributed by atoms with E-state index in [2.05, 4.69) is 6.07 Å². The molecule has 5 heteroatoms. The summed E-state index contributed by atoms with van der Waals surface area (Å²) in [4.78, 5) is 22.9. The van der Waals surface area contributed by atoms with Gasteiger partial charge in [0.25, 0.3) is 0 Å². The minimum absolute atomic E-state index is 0.144. The molecule has 118 valence electrons. The number of hydrogen-bond acceptors (Lipinski definition) is 5. The van der Waals surface area contributed by atoms with Crippen LogP contribution in [0, 0.1) is 11.3 Å². The first-order valence-electron chi connectivity index (χ1n) is 7.25. The average Bonchev–Trinajstić information content (AvgIpc) is 2.52. The summed E-state index contributed by atoms with van der Waals surface area (Å²) in [5.74, 6) is -0.257. The van der Waals surface area contributed by atoms with Gasteiger partial charge in [0.15, 0.2) is 0 Å². The Labute approximate surface area is 130 Å². The molecule has 0 aliphatic carbocycles. The Kier molecular flexibility index (Phi) is 6.11. The Hall–Kier alpha value is -2.35. The standard InChI is InChI=1S/C17H21NO4/c1-5-15(19)21-11-17(3,4)13-9-12(10-18)7-8-14(13)22-16(20)6-2/h7-9H,5-6,11H2,1-4H3. The van der Waals surface area contributed by atoms with Crippen molar-refractivity contribution in [2.45, 2.75) is 46.0 Å². The molecular formula is C17H21NO4. The van der Waals surface area contributed by atoms with Gasteiger partial charge in [-0.3, -0.25) is 9.59 Å². The molecule has 0 bridgehead atoms. The summed E-state index contributed by atoms with van der Waals surface area (Å²) in [7, 11) is 0. The molecule has 0 fully saturated rings. The summed E-state index contributed by atoms with van der Waals surface area (Å²) < 4.78 is 10.5. The SMILES string of the molecule is CCC(=O)OCC(C)(C)c1cc(C#N)ccc1OC(=O)CC. The summed E-state index contributed by atoms with van der Waals surface area (Å²) in [5, 5.41) is 9.06. The first-order chi connectivity index (χ1) is 10.3. The number of nitriles is 1. The van der Waals surface area contributed by atoms with E-state index in [1.165, 1.54) is 0 Å². The molecule has 0 radical (unpaired) electrons. The molecule has 0 amide bonds. The minimum atomic E-state index is -0.582. The van der Waals surface area contributed by atoms with Gasteiger partial charge in [-0.25, -0.2) is 0 Å². The zero-order chi connectivity index (χ0) is 16.8. The van der Waals surface area contributed by atoms with Crippen LogP contribution in [0.4, 0.5) is 0 Å². The van der Waals surface area contributed by atoms with Crippen LogP contribution in [0.1, 0.15) is 51.7 Å². The lowest BCUT2D eigenvalue weighted by Gasteiger charge is -2.27. The summed E-state index contributed by atoms with van der Waals surface area (Å²) in [6.45, 7) is 7.32. The minimum Gasteiger partial charge on any atom is -0.465 e. The molecule has 1 rings (SSSR count). The number of nitrogens with zero attached hydrogens (tertiary/aromatic N) is 1. The van der Waals surface area contributed by atoms with Crippen molar-refractivity contribution in [1.82, 2.24) is 0 Å². The Morgan fingerprint density at radius 2 is 1.82 bits per heavy atom. The number of ether oxygens (including phenoxy) is 2. The number of carbonyl (C=O) groups is 2. The van der Waals surface area contributed by atoms with Gasteiger partial charge in [0, 0.05) is 23.8 Å². The van der Waals surface area contributed by atoms with Gasteiger partial charge in [0.2, 0.25) is 0 Å². The predicted octanol–water partition coefficient (Wildman–Crippen LogP) is 3.10. The van der Waals surface area contributed by atoms with Crippen LogP contribution in [-0.2, 0) is 19.7 Å². The van der Waals surface area contributed by atoms with Gasteiger partial charge in [-0.05, 0) is 18.2 Å².